The maximum Gasteiger partial charge on any atom is 0.238 e. The molecule has 0 radical (unpaired) electrons. The summed E-state index contributed by atoms with van der Waals surface area (Å²) in [6.07, 6.45) is 0. The van der Waals surface area contributed by atoms with Gasteiger partial charge in [-0.2, -0.15) is 0 Å². The molecule has 4 nitrogen and oxygen atoms in total. The van der Waals surface area contributed by atoms with Crippen LogP contribution in [-0.4, -0.2) is 15.3 Å². The highest BCUT2D eigenvalue weighted by Crippen LogP contribution is 2.35. The lowest BCUT2D eigenvalue weighted by atomic mass is 10.3. The summed E-state index contributed by atoms with van der Waals surface area (Å²) in [5.74, 6) is 0.656. The molecule has 1 heterocycles. The van der Waals surface area contributed by atoms with Gasteiger partial charge < -0.3 is 9.84 Å². The van der Waals surface area contributed by atoms with E-state index >= 15 is 0 Å². The van der Waals surface area contributed by atoms with Gasteiger partial charge >= 0.3 is 0 Å². The van der Waals surface area contributed by atoms with Gasteiger partial charge in [0.2, 0.25) is 5.88 Å². The number of hydrogen-bond donors (Lipinski definition) is 1. The van der Waals surface area contributed by atoms with Gasteiger partial charge in [-0.05, 0) is 28.1 Å². The van der Waals surface area contributed by atoms with Gasteiger partial charge in [-0.25, -0.2) is 0 Å². The molecular formula is C11H7BrCl2N2O2. The molecule has 0 atom stereocenters. The van der Waals surface area contributed by atoms with Crippen LogP contribution in [0.15, 0.2) is 28.7 Å². The number of benzene rings is 1. The van der Waals surface area contributed by atoms with Crippen LogP contribution in [0, 0.1) is 0 Å². The lowest BCUT2D eigenvalue weighted by Crippen LogP contribution is -1.95. The highest BCUT2D eigenvalue weighted by molar-refractivity contribution is 9.10. The SMILES string of the molecule is OCc1ccc(Oc2cc(Cl)c(Br)cc2Cl)nn1. The largest absolute Gasteiger partial charge is 0.436 e. The molecule has 0 fully saturated rings. The van der Waals surface area contributed by atoms with Gasteiger partial charge in [-0.1, -0.05) is 23.2 Å². The van der Waals surface area contributed by atoms with Crippen LogP contribution in [0.25, 0.3) is 0 Å². The van der Waals surface area contributed by atoms with Crippen molar-refractivity contribution in [3.05, 3.63) is 44.5 Å². The van der Waals surface area contributed by atoms with E-state index in [1.165, 1.54) is 0 Å². The summed E-state index contributed by atoms with van der Waals surface area (Å²) in [6.45, 7) is -0.169. The van der Waals surface area contributed by atoms with Crippen molar-refractivity contribution in [2.45, 2.75) is 6.61 Å². The molecule has 0 aliphatic rings. The van der Waals surface area contributed by atoms with E-state index in [1.807, 2.05) is 0 Å². The van der Waals surface area contributed by atoms with E-state index in [0.717, 1.165) is 0 Å². The third-order valence-corrected chi connectivity index (χ3v) is 3.54. The van der Waals surface area contributed by atoms with Crippen LogP contribution >= 0.6 is 39.1 Å². The van der Waals surface area contributed by atoms with Crippen molar-refractivity contribution in [2.75, 3.05) is 0 Å². The van der Waals surface area contributed by atoms with Gasteiger partial charge in [0.1, 0.15) is 5.75 Å². The summed E-state index contributed by atoms with van der Waals surface area (Å²) in [5, 5.41) is 17.3. The molecule has 1 N–H and O–H groups in total. The van der Waals surface area contributed by atoms with Gasteiger partial charge in [-0.15, -0.1) is 10.2 Å². The Bertz CT molecular complexity index is 564. The number of hydrogen-bond acceptors (Lipinski definition) is 4. The van der Waals surface area contributed by atoms with Crippen LogP contribution in [0.2, 0.25) is 10.0 Å². The average Bonchev–Trinajstić information content (AvgIpc) is 2.37. The van der Waals surface area contributed by atoms with E-state index in [1.54, 1.807) is 24.3 Å². The molecule has 0 amide bonds. The molecule has 18 heavy (non-hydrogen) atoms. The zero-order chi connectivity index (χ0) is 13.1. The van der Waals surface area contributed by atoms with Crippen LogP contribution in [0.1, 0.15) is 5.69 Å². The topological polar surface area (TPSA) is 55.2 Å². The number of halogens is 3. The summed E-state index contributed by atoms with van der Waals surface area (Å²) in [7, 11) is 0. The number of rotatable bonds is 3. The van der Waals surface area contributed by atoms with Crippen LogP contribution < -0.4 is 4.74 Å². The zero-order valence-corrected chi connectivity index (χ0v) is 12.0. The van der Waals surface area contributed by atoms with E-state index in [0.29, 0.717) is 26.0 Å². The summed E-state index contributed by atoms with van der Waals surface area (Å²) in [6, 6.07) is 6.41. The first-order valence-corrected chi connectivity index (χ1v) is 6.41. The first-order chi connectivity index (χ1) is 8.60. The van der Waals surface area contributed by atoms with Crippen molar-refractivity contribution in [2.24, 2.45) is 0 Å². The lowest BCUT2D eigenvalue weighted by Gasteiger charge is -2.07. The normalized spacial score (nSPS) is 10.4. The Balaban J connectivity index is 2.25. The minimum Gasteiger partial charge on any atom is -0.436 e. The zero-order valence-electron chi connectivity index (χ0n) is 8.90. The summed E-state index contributed by atoms with van der Waals surface area (Å²) in [5.41, 5.74) is 0.460. The number of ether oxygens (including phenoxy) is 1. The second kappa shape index (κ2) is 5.84. The summed E-state index contributed by atoms with van der Waals surface area (Å²) in [4.78, 5) is 0. The Hall–Kier alpha value is -0.880. The van der Waals surface area contributed by atoms with E-state index in [-0.39, 0.29) is 12.5 Å². The van der Waals surface area contributed by atoms with E-state index < -0.39 is 0 Å². The molecule has 0 unspecified atom stereocenters. The minimum atomic E-state index is -0.169. The predicted octanol–water partition coefficient (Wildman–Crippen LogP) is 3.83. The molecule has 0 saturated carbocycles. The van der Waals surface area contributed by atoms with Crippen molar-refractivity contribution in [3.63, 3.8) is 0 Å². The molecule has 0 aliphatic carbocycles. The van der Waals surface area contributed by atoms with E-state index in [9.17, 15) is 0 Å². The second-order valence-electron chi connectivity index (χ2n) is 3.32. The first kappa shape index (κ1) is 13.5. The molecule has 1 aromatic carbocycles. The van der Waals surface area contributed by atoms with Crippen molar-refractivity contribution >= 4 is 39.1 Å². The van der Waals surface area contributed by atoms with Crippen molar-refractivity contribution in [3.8, 4) is 11.6 Å². The fraction of sp³-hybridized carbons (Fsp3) is 0.0909. The minimum absolute atomic E-state index is 0.169. The molecule has 1 aromatic heterocycles. The lowest BCUT2D eigenvalue weighted by molar-refractivity contribution is 0.274. The first-order valence-electron chi connectivity index (χ1n) is 4.86. The van der Waals surface area contributed by atoms with Crippen molar-refractivity contribution < 1.29 is 9.84 Å². The van der Waals surface area contributed by atoms with Gasteiger partial charge in [0.05, 0.1) is 22.3 Å². The fourth-order valence-corrected chi connectivity index (χ4v) is 2.01. The molecule has 0 bridgehead atoms. The van der Waals surface area contributed by atoms with E-state index in [2.05, 4.69) is 26.1 Å². The van der Waals surface area contributed by atoms with Crippen LogP contribution in [0.3, 0.4) is 0 Å². The predicted molar refractivity (Wildman–Crippen MR) is 72.2 cm³/mol. The molecule has 0 aliphatic heterocycles. The smallest absolute Gasteiger partial charge is 0.238 e. The van der Waals surface area contributed by atoms with Gasteiger partial charge in [0.25, 0.3) is 0 Å². The molecule has 7 heteroatoms. The van der Waals surface area contributed by atoms with Gasteiger partial charge in [-0.3, -0.25) is 0 Å². The maximum atomic E-state index is 8.84. The molecule has 0 saturated heterocycles. The number of aliphatic hydroxyl groups excluding tert-OH is 1. The van der Waals surface area contributed by atoms with Gasteiger partial charge in [0.15, 0.2) is 0 Å². The Morgan fingerprint density at radius 2 is 1.94 bits per heavy atom. The molecule has 0 spiro atoms. The fourth-order valence-electron chi connectivity index (χ4n) is 1.18. The Morgan fingerprint density at radius 1 is 1.17 bits per heavy atom. The van der Waals surface area contributed by atoms with E-state index in [4.69, 9.17) is 33.0 Å². The Labute approximate surface area is 122 Å². The monoisotopic (exact) mass is 348 g/mol. The van der Waals surface area contributed by atoms with Crippen LogP contribution in [0.5, 0.6) is 11.6 Å². The summed E-state index contributed by atoms with van der Waals surface area (Å²) < 4.78 is 6.14. The second-order valence-corrected chi connectivity index (χ2v) is 4.99. The van der Waals surface area contributed by atoms with Crippen LogP contribution in [-0.2, 0) is 6.61 Å². The standard InChI is InChI=1S/C11H7BrCl2N2O2/c12-7-3-9(14)10(4-8(7)13)18-11-2-1-6(5-17)15-16-11/h1-4,17H,5H2. The molecular weight excluding hydrogens is 343 g/mol. The molecule has 2 aromatic rings. The van der Waals surface area contributed by atoms with Gasteiger partial charge in [0, 0.05) is 16.6 Å². The van der Waals surface area contributed by atoms with Crippen molar-refractivity contribution in [1.82, 2.24) is 10.2 Å². The van der Waals surface area contributed by atoms with Crippen LogP contribution in [0.4, 0.5) is 0 Å². The molecule has 94 valence electrons. The highest BCUT2D eigenvalue weighted by atomic mass is 79.9. The third kappa shape index (κ3) is 3.11. The quantitative estimate of drug-likeness (QED) is 0.855. The third-order valence-electron chi connectivity index (χ3n) is 2.05. The maximum absolute atomic E-state index is 8.84. The summed E-state index contributed by atoms with van der Waals surface area (Å²) >= 11 is 15.2. The van der Waals surface area contributed by atoms with Crippen molar-refractivity contribution in [1.29, 1.82) is 0 Å². The Morgan fingerprint density at radius 3 is 2.56 bits per heavy atom. The highest BCUT2D eigenvalue weighted by Gasteiger charge is 2.09. The number of nitrogens with zero attached hydrogens (tertiary/aromatic N) is 2. The number of aliphatic hydroxyl groups is 1. The number of aromatic nitrogens is 2. The Kier molecular flexibility index (Phi) is 4.40. The average molecular weight is 350 g/mol. The molecule has 2 rings (SSSR count).